The third kappa shape index (κ3) is 2.28. The molecule has 1 rings (SSSR count). The number of nitrogens with two attached hydrogens (primary N) is 2. The van der Waals surface area contributed by atoms with Gasteiger partial charge in [0.05, 0.1) is 4.90 Å². The average molecular weight is 230 g/mol. The van der Waals surface area contributed by atoms with Crippen molar-refractivity contribution in [2.24, 2.45) is 10.9 Å². The van der Waals surface area contributed by atoms with Gasteiger partial charge in [0.2, 0.25) is 10.0 Å². The molecule has 0 amide bonds. The van der Waals surface area contributed by atoms with Crippen molar-refractivity contribution in [3.05, 3.63) is 29.3 Å². The fraction of sp³-hybridized carbons (Fsp3) is 0.125. The van der Waals surface area contributed by atoms with E-state index >= 15 is 0 Å². The molecule has 0 aliphatic rings. The Morgan fingerprint density at radius 1 is 1.43 bits per heavy atom. The van der Waals surface area contributed by atoms with Crippen LogP contribution >= 0.6 is 12.2 Å². The van der Waals surface area contributed by atoms with Crippen LogP contribution in [0.2, 0.25) is 0 Å². The zero-order valence-electron chi connectivity index (χ0n) is 7.52. The molecule has 4 N–H and O–H groups in total. The SMILES string of the molecule is Cc1cc(C(N)=S)ccc1S(N)(=O)=O. The second kappa shape index (κ2) is 3.64. The van der Waals surface area contributed by atoms with Gasteiger partial charge in [-0.15, -0.1) is 0 Å². The van der Waals surface area contributed by atoms with E-state index in [9.17, 15) is 8.42 Å². The number of hydrogen-bond acceptors (Lipinski definition) is 3. The van der Waals surface area contributed by atoms with Gasteiger partial charge in [0.1, 0.15) is 4.99 Å². The lowest BCUT2D eigenvalue weighted by atomic mass is 10.1. The van der Waals surface area contributed by atoms with E-state index in [4.69, 9.17) is 23.1 Å². The maximum absolute atomic E-state index is 11.0. The van der Waals surface area contributed by atoms with E-state index in [-0.39, 0.29) is 9.88 Å². The molecule has 0 aliphatic heterocycles. The topological polar surface area (TPSA) is 86.2 Å². The second-order valence-corrected chi connectivity index (χ2v) is 4.86. The molecule has 4 nitrogen and oxygen atoms in total. The zero-order chi connectivity index (χ0) is 10.9. The number of hydrogen-bond donors (Lipinski definition) is 2. The predicted molar refractivity (Wildman–Crippen MR) is 58.4 cm³/mol. The molecular weight excluding hydrogens is 220 g/mol. The van der Waals surface area contributed by atoms with Crippen molar-refractivity contribution in [2.45, 2.75) is 11.8 Å². The molecule has 0 saturated heterocycles. The predicted octanol–water partition coefficient (Wildman–Crippen LogP) is 0.277. The summed E-state index contributed by atoms with van der Waals surface area (Å²) in [5.41, 5.74) is 6.56. The van der Waals surface area contributed by atoms with Gasteiger partial charge in [-0.05, 0) is 24.6 Å². The van der Waals surface area contributed by atoms with Crippen LogP contribution in [-0.2, 0) is 10.0 Å². The van der Waals surface area contributed by atoms with Crippen molar-refractivity contribution in [3.63, 3.8) is 0 Å². The van der Waals surface area contributed by atoms with Crippen LogP contribution in [0.3, 0.4) is 0 Å². The summed E-state index contributed by atoms with van der Waals surface area (Å²) in [4.78, 5) is 0.326. The summed E-state index contributed by atoms with van der Waals surface area (Å²) in [6, 6.07) is 4.54. The maximum Gasteiger partial charge on any atom is 0.238 e. The van der Waals surface area contributed by atoms with Gasteiger partial charge in [-0.3, -0.25) is 0 Å². The number of aryl methyl sites for hydroxylation is 1. The van der Waals surface area contributed by atoms with Crippen molar-refractivity contribution in [1.82, 2.24) is 0 Å². The van der Waals surface area contributed by atoms with E-state index in [2.05, 4.69) is 0 Å². The van der Waals surface area contributed by atoms with Crippen LogP contribution in [0, 0.1) is 6.92 Å². The molecule has 0 aliphatic carbocycles. The van der Waals surface area contributed by atoms with Crippen LogP contribution in [0.15, 0.2) is 23.1 Å². The quantitative estimate of drug-likeness (QED) is 0.714. The van der Waals surface area contributed by atoms with E-state index in [1.807, 2.05) is 0 Å². The standard InChI is InChI=1S/C8H10N2O2S2/c1-5-4-6(8(9)13)2-3-7(5)14(10,11)12/h2-4H,1H3,(H2,9,13)(H2,10,11,12). The molecule has 0 spiro atoms. The highest BCUT2D eigenvalue weighted by molar-refractivity contribution is 7.89. The van der Waals surface area contributed by atoms with Gasteiger partial charge in [0.25, 0.3) is 0 Å². The highest BCUT2D eigenvalue weighted by Crippen LogP contribution is 2.14. The average Bonchev–Trinajstić information content (AvgIpc) is 2.01. The molecule has 6 heteroatoms. The second-order valence-electron chi connectivity index (χ2n) is 2.89. The first kappa shape index (κ1) is 11.1. The minimum absolute atomic E-state index is 0.0949. The molecule has 0 radical (unpaired) electrons. The minimum Gasteiger partial charge on any atom is -0.389 e. The molecule has 76 valence electrons. The Kier molecular flexibility index (Phi) is 2.89. The molecule has 0 fully saturated rings. The van der Waals surface area contributed by atoms with Crippen LogP contribution in [0.4, 0.5) is 0 Å². The van der Waals surface area contributed by atoms with E-state index in [1.54, 1.807) is 13.0 Å². The van der Waals surface area contributed by atoms with Crippen molar-refractivity contribution < 1.29 is 8.42 Å². The van der Waals surface area contributed by atoms with Gasteiger partial charge < -0.3 is 5.73 Å². The minimum atomic E-state index is -3.66. The summed E-state index contributed by atoms with van der Waals surface area (Å²) in [5, 5.41) is 4.99. The lowest BCUT2D eigenvalue weighted by molar-refractivity contribution is 0.597. The number of rotatable bonds is 2. The molecule has 0 aromatic heterocycles. The molecule has 1 aromatic carbocycles. The number of benzene rings is 1. The smallest absolute Gasteiger partial charge is 0.238 e. The summed E-state index contributed by atoms with van der Waals surface area (Å²) in [6.07, 6.45) is 0. The van der Waals surface area contributed by atoms with Gasteiger partial charge in [0, 0.05) is 5.56 Å². The fourth-order valence-electron chi connectivity index (χ4n) is 1.12. The third-order valence-electron chi connectivity index (χ3n) is 1.77. The number of primary sulfonamides is 1. The number of thiocarbonyl (C=S) groups is 1. The lowest BCUT2D eigenvalue weighted by Crippen LogP contribution is -2.15. The summed E-state index contributed by atoms with van der Waals surface area (Å²) in [5.74, 6) is 0. The molecule has 0 unspecified atom stereocenters. The highest BCUT2D eigenvalue weighted by Gasteiger charge is 2.11. The first-order valence-electron chi connectivity index (χ1n) is 3.75. The van der Waals surface area contributed by atoms with Crippen molar-refractivity contribution in [2.75, 3.05) is 0 Å². The Balaban J connectivity index is 3.35. The van der Waals surface area contributed by atoms with E-state index in [0.29, 0.717) is 11.1 Å². The molecule has 0 bridgehead atoms. The van der Waals surface area contributed by atoms with Crippen LogP contribution in [0.5, 0.6) is 0 Å². The Morgan fingerprint density at radius 2 is 2.00 bits per heavy atom. The van der Waals surface area contributed by atoms with Gasteiger partial charge in [-0.1, -0.05) is 18.3 Å². The summed E-state index contributed by atoms with van der Waals surface area (Å²) < 4.78 is 22.1. The van der Waals surface area contributed by atoms with Crippen LogP contribution in [0.25, 0.3) is 0 Å². The van der Waals surface area contributed by atoms with Crippen LogP contribution in [-0.4, -0.2) is 13.4 Å². The zero-order valence-corrected chi connectivity index (χ0v) is 9.15. The van der Waals surface area contributed by atoms with Gasteiger partial charge in [-0.2, -0.15) is 0 Å². The monoisotopic (exact) mass is 230 g/mol. The molecule has 1 aromatic rings. The molecule has 0 heterocycles. The molecule has 0 atom stereocenters. The lowest BCUT2D eigenvalue weighted by Gasteiger charge is -2.05. The van der Waals surface area contributed by atoms with Crippen molar-refractivity contribution in [1.29, 1.82) is 0 Å². The van der Waals surface area contributed by atoms with E-state index in [1.165, 1.54) is 12.1 Å². The Labute approximate surface area is 88.0 Å². The largest absolute Gasteiger partial charge is 0.389 e. The first-order chi connectivity index (χ1) is 6.32. The maximum atomic E-state index is 11.0. The normalized spacial score (nSPS) is 11.3. The molecule has 14 heavy (non-hydrogen) atoms. The number of sulfonamides is 1. The first-order valence-corrected chi connectivity index (χ1v) is 5.71. The highest BCUT2D eigenvalue weighted by atomic mass is 32.2. The Morgan fingerprint density at radius 3 is 2.36 bits per heavy atom. The molecule has 0 saturated carbocycles. The van der Waals surface area contributed by atoms with E-state index in [0.717, 1.165) is 0 Å². The van der Waals surface area contributed by atoms with Crippen molar-refractivity contribution in [3.8, 4) is 0 Å². The Bertz CT molecular complexity index is 480. The van der Waals surface area contributed by atoms with Gasteiger partial charge in [0.15, 0.2) is 0 Å². The summed E-state index contributed by atoms with van der Waals surface area (Å²) in [7, 11) is -3.66. The summed E-state index contributed by atoms with van der Waals surface area (Å²) in [6.45, 7) is 1.64. The van der Waals surface area contributed by atoms with E-state index < -0.39 is 10.0 Å². The van der Waals surface area contributed by atoms with Crippen LogP contribution in [0.1, 0.15) is 11.1 Å². The summed E-state index contributed by atoms with van der Waals surface area (Å²) >= 11 is 4.76. The molecular formula is C8H10N2O2S2. The van der Waals surface area contributed by atoms with Gasteiger partial charge in [-0.25, -0.2) is 13.6 Å². The van der Waals surface area contributed by atoms with Gasteiger partial charge >= 0.3 is 0 Å². The Hall–Kier alpha value is -0.980. The fourth-order valence-corrected chi connectivity index (χ4v) is 2.01. The third-order valence-corrected chi connectivity index (χ3v) is 3.07. The van der Waals surface area contributed by atoms with Crippen molar-refractivity contribution >= 4 is 27.2 Å². The van der Waals surface area contributed by atoms with Crippen LogP contribution < -0.4 is 10.9 Å².